The van der Waals surface area contributed by atoms with Crippen molar-refractivity contribution >= 4 is 27.5 Å². The summed E-state index contributed by atoms with van der Waals surface area (Å²) >= 11 is 3.41. The molecular weight excluding hydrogens is 306 g/mol. The summed E-state index contributed by atoms with van der Waals surface area (Å²) in [6, 6.07) is 6.09. The van der Waals surface area contributed by atoms with Crippen LogP contribution < -0.4 is 5.73 Å². The average molecular weight is 326 g/mol. The molecule has 0 saturated carbocycles. The molecule has 1 amide bonds. The van der Waals surface area contributed by atoms with Crippen LogP contribution in [-0.2, 0) is 11.3 Å². The van der Waals surface area contributed by atoms with Crippen molar-refractivity contribution in [3.63, 3.8) is 0 Å². The molecule has 1 aromatic carbocycles. The molecule has 2 rings (SSSR count). The second-order valence-electron chi connectivity index (χ2n) is 4.99. The van der Waals surface area contributed by atoms with Crippen LogP contribution in [0.2, 0.25) is 0 Å². The van der Waals surface area contributed by atoms with E-state index < -0.39 is 0 Å². The topological polar surface area (TPSA) is 49.6 Å². The van der Waals surface area contributed by atoms with Gasteiger partial charge in [0.15, 0.2) is 0 Å². The minimum Gasteiger partial charge on any atom is -0.398 e. The van der Waals surface area contributed by atoms with E-state index in [9.17, 15) is 4.79 Å². The number of nitrogen functional groups attached to an aromatic ring is 1. The molecule has 1 fully saturated rings. The van der Waals surface area contributed by atoms with Crippen LogP contribution in [0.3, 0.4) is 0 Å². The fourth-order valence-electron chi connectivity index (χ4n) is 2.39. The first kappa shape index (κ1) is 14.3. The Balaban J connectivity index is 1.95. The predicted molar refractivity (Wildman–Crippen MR) is 80.7 cm³/mol. The molecule has 19 heavy (non-hydrogen) atoms. The van der Waals surface area contributed by atoms with E-state index in [4.69, 9.17) is 5.73 Å². The number of hydrogen-bond acceptors (Lipinski definition) is 3. The first-order valence-corrected chi connectivity index (χ1v) is 7.37. The summed E-state index contributed by atoms with van der Waals surface area (Å²) in [5.41, 5.74) is 7.90. The number of nitrogens with two attached hydrogens (primary N) is 1. The maximum atomic E-state index is 11.4. The van der Waals surface area contributed by atoms with Crippen molar-refractivity contribution in [2.24, 2.45) is 0 Å². The Morgan fingerprint density at radius 2 is 2.11 bits per heavy atom. The van der Waals surface area contributed by atoms with E-state index in [2.05, 4.69) is 26.9 Å². The van der Waals surface area contributed by atoms with Crippen molar-refractivity contribution in [3.8, 4) is 0 Å². The smallest absolute Gasteiger partial charge is 0.219 e. The molecule has 4 nitrogen and oxygen atoms in total. The molecule has 0 radical (unpaired) electrons. The van der Waals surface area contributed by atoms with Gasteiger partial charge in [-0.2, -0.15) is 0 Å². The van der Waals surface area contributed by atoms with E-state index >= 15 is 0 Å². The van der Waals surface area contributed by atoms with Gasteiger partial charge in [-0.05, 0) is 40.0 Å². The van der Waals surface area contributed by atoms with Gasteiger partial charge >= 0.3 is 0 Å². The van der Waals surface area contributed by atoms with Gasteiger partial charge in [0.1, 0.15) is 0 Å². The van der Waals surface area contributed by atoms with Gasteiger partial charge in [0.05, 0.1) is 0 Å². The molecule has 0 bridgehead atoms. The molecule has 0 spiro atoms. The Kier molecular flexibility index (Phi) is 4.82. The highest BCUT2D eigenvalue weighted by molar-refractivity contribution is 9.10. The van der Waals surface area contributed by atoms with Gasteiger partial charge in [0.25, 0.3) is 0 Å². The van der Waals surface area contributed by atoms with E-state index in [1.165, 1.54) is 5.56 Å². The highest BCUT2D eigenvalue weighted by Gasteiger charge is 2.16. The maximum absolute atomic E-state index is 11.4. The highest BCUT2D eigenvalue weighted by Crippen LogP contribution is 2.21. The number of hydrogen-bond donors (Lipinski definition) is 1. The monoisotopic (exact) mass is 325 g/mol. The molecule has 1 aromatic rings. The van der Waals surface area contributed by atoms with Gasteiger partial charge in [-0.25, -0.2) is 0 Å². The van der Waals surface area contributed by atoms with E-state index in [-0.39, 0.29) is 5.91 Å². The number of rotatable bonds is 2. The number of carbonyl (C=O) groups is 1. The summed E-state index contributed by atoms with van der Waals surface area (Å²) in [7, 11) is 0. The Hall–Kier alpha value is -1.07. The number of carbonyl (C=O) groups excluding carboxylic acids is 1. The van der Waals surface area contributed by atoms with Crippen LogP contribution in [0.1, 0.15) is 18.9 Å². The van der Waals surface area contributed by atoms with Gasteiger partial charge in [0, 0.05) is 49.8 Å². The zero-order valence-corrected chi connectivity index (χ0v) is 12.8. The maximum Gasteiger partial charge on any atom is 0.219 e. The van der Waals surface area contributed by atoms with Gasteiger partial charge in [-0.3, -0.25) is 9.69 Å². The minimum atomic E-state index is 0.176. The van der Waals surface area contributed by atoms with Crippen molar-refractivity contribution in [1.29, 1.82) is 0 Å². The third-order valence-corrected chi connectivity index (χ3v) is 4.22. The zero-order valence-electron chi connectivity index (χ0n) is 11.2. The summed E-state index contributed by atoms with van der Waals surface area (Å²) < 4.78 is 0.940. The standard InChI is InChI=1S/C14H20BrN3O/c1-11(19)18-6-2-5-17(7-8-18)10-12-3-4-13(15)14(16)9-12/h3-4,9H,2,5-8,10,16H2,1H3. The van der Waals surface area contributed by atoms with Crippen molar-refractivity contribution < 1.29 is 4.79 Å². The van der Waals surface area contributed by atoms with Crippen LogP contribution in [0.15, 0.2) is 22.7 Å². The molecule has 2 N–H and O–H groups in total. The summed E-state index contributed by atoms with van der Waals surface area (Å²) in [6.07, 6.45) is 1.03. The molecule has 0 atom stereocenters. The van der Waals surface area contributed by atoms with E-state index in [0.29, 0.717) is 0 Å². The largest absolute Gasteiger partial charge is 0.398 e. The highest BCUT2D eigenvalue weighted by atomic mass is 79.9. The zero-order chi connectivity index (χ0) is 13.8. The molecular formula is C14H20BrN3O. The summed E-state index contributed by atoms with van der Waals surface area (Å²) in [5, 5.41) is 0. The Bertz CT molecular complexity index is 464. The second-order valence-corrected chi connectivity index (χ2v) is 5.85. The fourth-order valence-corrected chi connectivity index (χ4v) is 2.64. The van der Waals surface area contributed by atoms with Crippen molar-refractivity contribution in [2.45, 2.75) is 19.9 Å². The molecule has 1 aliphatic heterocycles. The minimum absolute atomic E-state index is 0.176. The lowest BCUT2D eigenvalue weighted by atomic mass is 10.2. The lowest BCUT2D eigenvalue weighted by Crippen LogP contribution is -2.33. The normalized spacial score (nSPS) is 17.3. The Morgan fingerprint density at radius 3 is 2.79 bits per heavy atom. The number of anilines is 1. The lowest BCUT2D eigenvalue weighted by Gasteiger charge is -2.21. The number of benzene rings is 1. The third-order valence-electron chi connectivity index (χ3n) is 3.50. The molecule has 104 valence electrons. The summed E-state index contributed by atoms with van der Waals surface area (Å²) in [5.74, 6) is 0.176. The van der Waals surface area contributed by atoms with Crippen molar-refractivity contribution in [2.75, 3.05) is 31.9 Å². The molecule has 1 aliphatic rings. The number of halogens is 1. The third kappa shape index (κ3) is 3.94. The molecule has 1 saturated heterocycles. The molecule has 1 heterocycles. The van der Waals surface area contributed by atoms with Crippen LogP contribution in [0.5, 0.6) is 0 Å². The number of amides is 1. The first-order chi connectivity index (χ1) is 9.06. The fraction of sp³-hybridized carbons (Fsp3) is 0.500. The van der Waals surface area contributed by atoms with Crippen LogP contribution in [0.4, 0.5) is 5.69 Å². The molecule has 0 unspecified atom stereocenters. The van der Waals surface area contributed by atoms with Crippen LogP contribution in [0.25, 0.3) is 0 Å². The quantitative estimate of drug-likeness (QED) is 0.847. The van der Waals surface area contributed by atoms with E-state index in [1.54, 1.807) is 6.92 Å². The van der Waals surface area contributed by atoms with Crippen molar-refractivity contribution in [1.82, 2.24) is 9.80 Å². The van der Waals surface area contributed by atoms with Crippen LogP contribution in [-0.4, -0.2) is 41.9 Å². The van der Waals surface area contributed by atoms with Gasteiger partial charge in [-0.15, -0.1) is 0 Å². The molecule has 5 heteroatoms. The SMILES string of the molecule is CC(=O)N1CCCN(Cc2ccc(Br)c(N)c2)CC1. The van der Waals surface area contributed by atoms with Gasteiger partial charge < -0.3 is 10.6 Å². The van der Waals surface area contributed by atoms with Crippen LogP contribution >= 0.6 is 15.9 Å². The summed E-state index contributed by atoms with van der Waals surface area (Å²) in [6.45, 7) is 6.18. The average Bonchev–Trinajstić information content (AvgIpc) is 2.59. The Morgan fingerprint density at radius 1 is 1.32 bits per heavy atom. The Labute approximate surface area is 122 Å². The van der Waals surface area contributed by atoms with Gasteiger partial charge in [-0.1, -0.05) is 6.07 Å². The van der Waals surface area contributed by atoms with Crippen LogP contribution in [0, 0.1) is 0 Å². The second kappa shape index (κ2) is 6.39. The van der Waals surface area contributed by atoms with Crippen molar-refractivity contribution in [3.05, 3.63) is 28.2 Å². The number of nitrogens with zero attached hydrogens (tertiary/aromatic N) is 2. The van der Waals surface area contributed by atoms with E-state index in [0.717, 1.165) is 49.3 Å². The van der Waals surface area contributed by atoms with Gasteiger partial charge in [0.2, 0.25) is 5.91 Å². The summed E-state index contributed by atoms with van der Waals surface area (Å²) in [4.78, 5) is 15.7. The first-order valence-electron chi connectivity index (χ1n) is 6.58. The predicted octanol–water partition coefficient (Wildman–Crippen LogP) is 2.09. The molecule has 0 aliphatic carbocycles. The lowest BCUT2D eigenvalue weighted by molar-refractivity contribution is -0.128. The van der Waals surface area contributed by atoms with E-state index in [1.807, 2.05) is 17.0 Å². The molecule has 0 aromatic heterocycles.